The Morgan fingerprint density at radius 1 is 1.52 bits per heavy atom. The molecule has 0 spiro atoms. The van der Waals surface area contributed by atoms with Gasteiger partial charge in [0.2, 0.25) is 0 Å². The van der Waals surface area contributed by atoms with Crippen molar-refractivity contribution in [1.29, 1.82) is 0 Å². The smallest absolute Gasteiger partial charge is 0.357 e. The molecule has 0 radical (unpaired) electrons. The molecule has 0 saturated heterocycles. The number of H-pyrrole nitrogens is 1. The van der Waals surface area contributed by atoms with Crippen LogP contribution in [0.2, 0.25) is 0 Å². The van der Waals surface area contributed by atoms with Crippen molar-refractivity contribution in [2.75, 3.05) is 12.4 Å². The molecule has 0 aliphatic carbocycles. The molecule has 0 bridgehead atoms. The normalized spacial score (nSPS) is 10.2. The summed E-state index contributed by atoms with van der Waals surface area (Å²) in [6.07, 6.45) is 0. The quantitative estimate of drug-likeness (QED) is 0.647. The van der Waals surface area contributed by atoms with E-state index in [4.69, 9.17) is 4.74 Å². The summed E-state index contributed by atoms with van der Waals surface area (Å²) >= 11 is 2.99. The summed E-state index contributed by atoms with van der Waals surface area (Å²) < 4.78 is 5.14. The minimum atomic E-state index is -0.666. The SMILES string of the molecule is COc1ccc(C)cc1NC(=O)c1n[nH]c([N+](=O)[O-])c1Br. The number of amides is 1. The zero-order valence-corrected chi connectivity index (χ0v) is 12.7. The minimum Gasteiger partial charge on any atom is -0.495 e. The molecule has 0 saturated carbocycles. The van der Waals surface area contributed by atoms with Crippen molar-refractivity contribution in [2.24, 2.45) is 0 Å². The Morgan fingerprint density at radius 3 is 2.81 bits per heavy atom. The number of carbonyl (C=O) groups excluding carboxylic acids is 1. The van der Waals surface area contributed by atoms with Crippen molar-refractivity contribution in [3.8, 4) is 5.75 Å². The molecule has 0 aliphatic rings. The van der Waals surface area contributed by atoms with Gasteiger partial charge in [0.05, 0.1) is 12.8 Å². The van der Waals surface area contributed by atoms with E-state index in [0.717, 1.165) is 5.56 Å². The van der Waals surface area contributed by atoms with Crippen LogP contribution in [0.1, 0.15) is 16.1 Å². The zero-order valence-electron chi connectivity index (χ0n) is 11.1. The van der Waals surface area contributed by atoms with Crippen LogP contribution < -0.4 is 10.1 Å². The highest BCUT2D eigenvalue weighted by molar-refractivity contribution is 9.10. The van der Waals surface area contributed by atoms with E-state index in [1.807, 2.05) is 13.0 Å². The van der Waals surface area contributed by atoms with Gasteiger partial charge in [0, 0.05) is 0 Å². The molecule has 1 aromatic heterocycles. The van der Waals surface area contributed by atoms with Crippen LogP contribution in [-0.2, 0) is 0 Å². The largest absolute Gasteiger partial charge is 0.495 e. The Hall–Kier alpha value is -2.42. The van der Waals surface area contributed by atoms with Gasteiger partial charge in [0.1, 0.15) is 10.2 Å². The maximum atomic E-state index is 12.1. The van der Waals surface area contributed by atoms with Crippen LogP contribution in [0.15, 0.2) is 22.7 Å². The topological polar surface area (TPSA) is 110 Å². The van der Waals surface area contributed by atoms with Gasteiger partial charge in [-0.25, -0.2) is 0 Å². The summed E-state index contributed by atoms with van der Waals surface area (Å²) in [6.45, 7) is 1.87. The number of rotatable bonds is 4. The molecule has 21 heavy (non-hydrogen) atoms. The monoisotopic (exact) mass is 354 g/mol. The van der Waals surface area contributed by atoms with Gasteiger partial charge < -0.3 is 20.2 Å². The number of nitrogens with zero attached hydrogens (tertiary/aromatic N) is 2. The highest BCUT2D eigenvalue weighted by Gasteiger charge is 2.25. The number of aryl methyl sites for hydroxylation is 1. The Balaban J connectivity index is 2.30. The second kappa shape index (κ2) is 5.92. The van der Waals surface area contributed by atoms with E-state index in [1.165, 1.54) is 7.11 Å². The molecule has 9 heteroatoms. The predicted molar refractivity (Wildman–Crippen MR) is 78.6 cm³/mol. The number of carbonyl (C=O) groups is 1. The highest BCUT2D eigenvalue weighted by Crippen LogP contribution is 2.29. The maximum absolute atomic E-state index is 12.1. The van der Waals surface area contributed by atoms with Gasteiger partial charge in [-0.1, -0.05) is 11.2 Å². The fraction of sp³-hybridized carbons (Fsp3) is 0.167. The van der Waals surface area contributed by atoms with E-state index in [2.05, 4.69) is 31.4 Å². The lowest BCUT2D eigenvalue weighted by molar-refractivity contribution is -0.390. The number of hydrogen-bond acceptors (Lipinski definition) is 5. The number of hydrogen-bond donors (Lipinski definition) is 2. The fourth-order valence-electron chi connectivity index (χ4n) is 1.69. The van der Waals surface area contributed by atoms with E-state index in [1.54, 1.807) is 12.1 Å². The second-order valence-electron chi connectivity index (χ2n) is 4.15. The van der Waals surface area contributed by atoms with Gasteiger partial charge in [0.25, 0.3) is 5.91 Å². The third-order valence-corrected chi connectivity index (χ3v) is 3.44. The number of nitro groups is 1. The average Bonchev–Trinajstić information content (AvgIpc) is 2.81. The van der Waals surface area contributed by atoms with E-state index in [9.17, 15) is 14.9 Å². The highest BCUT2D eigenvalue weighted by atomic mass is 79.9. The molecule has 110 valence electrons. The molecular weight excluding hydrogens is 344 g/mol. The third-order valence-electron chi connectivity index (χ3n) is 2.69. The first-order valence-electron chi connectivity index (χ1n) is 5.78. The average molecular weight is 355 g/mol. The van der Waals surface area contributed by atoms with Crippen molar-refractivity contribution in [3.05, 3.63) is 44.0 Å². The Bertz CT molecular complexity index is 713. The van der Waals surface area contributed by atoms with Crippen LogP contribution in [0, 0.1) is 17.0 Å². The first-order valence-corrected chi connectivity index (χ1v) is 6.57. The lowest BCUT2D eigenvalue weighted by atomic mass is 10.2. The summed E-state index contributed by atoms with van der Waals surface area (Å²) in [6, 6.07) is 5.28. The third kappa shape index (κ3) is 3.02. The molecule has 0 fully saturated rings. The van der Waals surface area contributed by atoms with Crippen LogP contribution in [0.4, 0.5) is 11.5 Å². The molecule has 0 aliphatic heterocycles. The molecule has 8 nitrogen and oxygen atoms in total. The Morgan fingerprint density at radius 2 is 2.24 bits per heavy atom. The van der Waals surface area contributed by atoms with Crippen LogP contribution in [0.25, 0.3) is 0 Å². The summed E-state index contributed by atoms with van der Waals surface area (Å²) in [7, 11) is 1.48. The van der Waals surface area contributed by atoms with Gasteiger partial charge in [-0.2, -0.15) is 0 Å². The lowest BCUT2D eigenvalue weighted by Crippen LogP contribution is -2.14. The van der Waals surface area contributed by atoms with E-state index in [0.29, 0.717) is 11.4 Å². The molecule has 2 N–H and O–H groups in total. The van der Waals surface area contributed by atoms with Gasteiger partial charge in [0.15, 0.2) is 5.69 Å². The first-order chi connectivity index (χ1) is 9.93. The Kier molecular flexibility index (Phi) is 4.22. The first kappa shape index (κ1) is 15.0. The van der Waals surface area contributed by atoms with Crippen LogP contribution in [0.5, 0.6) is 5.75 Å². The van der Waals surface area contributed by atoms with Gasteiger partial charge in [-0.3, -0.25) is 4.79 Å². The number of ether oxygens (including phenoxy) is 1. The van der Waals surface area contributed by atoms with Gasteiger partial charge in [-0.15, -0.1) is 5.10 Å². The minimum absolute atomic E-state index is 0.00313. The number of aromatic nitrogens is 2. The molecular formula is C12H11BrN4O4. The summed E-state index contributed by atoms with van der Waals surface area (Å²) in [5.41, 5.74) is 1.28. The van der Waals surface area contributed by atoms with Crippen LogP contribution in [0.3, 0.4) is 0 Å². The summed E-state index contributed by atoms with van der Waals surface area (Å²) in [5, 5.41) is 19.2. The van der Waals surface area contributed by atoms with Gasteiger partial charge >= 0.3 is 5.82 Å². The maximum Gasteiger partial charge on any atom is 0.357 e. The van der Waals surface area contributed by atoms with E-state index in [-0.39, 0.29) is 16.0 Å². The van der Waals surface area contributed by atoms with Gasteiger partial charge in [-0.05, 0) is 45.5 Å². The van der Waals surface area contributed by atoms with Crippen LogP contribution in [-0.4, -0.2) is 28.1 Å². The molecule has 2 rings (SSSR count). The molecule has 0 unspecified atom stereocenters. The van der Waals surface area contributed by atoms with Crippen molar-refractivity contribution >= 4 is 33.3 Å². The second-order valence-corrected chi connectivity index (χ2v) is 4.94. The molecule has 2 aromatic rings. The molecule has 1 heterocycles. The fourth-order valence-corrected chi connectivity index (χ4v) is 2.19. The summed E-state index contributed by atoms with van der Waals surface area (Å²) in [5.74, 6) is -0.485. The number of anilines is 1. The zero-order chi connectivity index (χ0) is 15.6. The number of aromatic amines is 1. The van der Waals surface area contributed by atoms with E-state index < -0.39 is 10.8 Å². The molecule has 1 aromatic carbocycles. The predicted octanol–water partition coefficient (Wildman–Crippen LogP) is 2.65. The molecule has 1 amide bonds. The number of nitrogens with one attached hydrogen (secondary N) is 2. The van der Waals surface area contributed by atoms with Crippen molar-refractivity contribution < 1.29 is 14.5 Å². The standard InChI is InChI=1S/C12H11BrN4O4/c1-6-3-4-8(21-2)7(5-6)14-12(18)10-9(13)11(16-15-10)17(19)20/h3-5H,1-2H3,(H,14,18)(H,15,16). The van der Waals surface area contributed by atoms with E-state index >= 15 is 0 Å². The number of methoxy groups -OCH3 is 1. The number of halogens is 1. The van der Waals surface area contributed by atoms with Crippen molar-refractivity contribution in [3.63, 3.8) is 0 Å². The molecule has 0 atom stereocenters. The van der Waals surface area contributed by atoms with Crippen molar-refractivity contribution in [2.45, 2.75) is 6.92 Å². The Labute approximate surface area is 127 Å². The summed E-state index contributed by atoms with van der Waals surface area (Å²) in [4.78, 5) is 22.2. The van der Waals surface area contributed by atoms with Crippen LogP contribution >= 0.6 is 15.9 Å². The lowest BCUT2D eigenvalue weighted by Gasteiger charge is -2.09. The van der Waals surface area contributed by atoms with Crippen molar-refractivity contribution in [1.82, 2.24) is 10.2 Å². The number of benzene rings is 1.